The summed E-state index contributed by atoms with van der Waals surface area (Å²) in [5, 5.41) is 3.38. The number of amides is 2. The first-order valence-electron chi connectivity index (χ1n) is 14.2. The Morgan fingerprint density at radius 1 is 1.05 bits per heavy atom. The first-order chi connectivity index (χ1) is 19.5. The van der Waals surface area contributed by atoms with Crippen LogP contribution in [0.15, 0.2) is 73.1 Å². The zero-order chi connectivity index (χ0) is 27.9. The van der Waals surface area contributed by atoms with Crippen LogP contribution in [0.2, 0.25) is 0 Å². The topological polar surface area (TPSA) is 78.0 Å². The molecule has 5 rings (SSSR count). The van der Waals surface area contributed by atoms with Crippen LogP contribution in [-0.4, -0.2) is 83.4 Å². The maximum absolute atomic E-state index is 14.0. The number of hydrogen-bond donors (Lipinski definition) is 1. The third-order valence-electron chi connectivity index (χ3n) is 8.06. The highest BCUT2D eigenvalue weighted by Gasteiger charge is 2.43. The minimum absolute atomic E-state index is 0.00508. The fraction of sp³-hybridized carbons (Fsp3) is 0.406. The van der Waals surface area contributed by atoms with Crippen LogP contribution >= 0.6 is 0 Å². The van der Waals surface area contributed by atoms with Gasteiger partial charge in [-0.05, 0) is 67.3 Å². The van der Waals surface area contributed by atoms with Gasteiger partial charge in [-0.15, -0.1) is 0 Å². The summed E-state index contributed by atoms with van der Waals surface area (Å²) in [7, 11) is 1.68. The predicted molar refractivity (Wildman–Crippen MR) is 155 cm³/mol. The lowest BCUT2D eigenvalue weighted by molar-refractivity contribution is -0.135. The predicted octanol–water partition coefficient (Wildman–Crippen LogP) is 3.51. The van der Waals surface area contributed by atoms with Gasteiger partial charge in [0.05, 0.1) is 12.7 Å². The standard InChI is InChI=1S/C32H39N5O3/c1-24-8-3-4-10-27(24)22-36(21-25-9-5-12-29(18-25)40-2)28-19-30(32(39)35-16-7-14-33-15-17-35)37(23-28)31(38)26-11-6-13-34-20-26/h3-6,8-13,18,20,28,30,33H,7,14-17,19,21-23H2,1-2H3. The number of nitrogens with one attached hydrogen (secondary N) is 1. The molecule has 2 aromatic carbocycles. The number of aryl methyl sites for hydroxylation is 1. The van der Waals surface area contributed by atoms with Crippen LogP contribution in [0, 0.1) is 6.92 Å². The number of benzene rings is 2. The number of nitrogens with zero attached hydrogens (tertiary/aromatic N) is 4. The number of carbonyl (C=O) groups excluding carboxylic acids is 2. The molecule has 3 heterocycles. The molecule has 0 aliphatic carbocycles. The smallest absolute Gasteiger partial charge is 0.256 e. The van der Waals surface area contributed by atoms with Crippen molar-refractivity contribution in [3.05, 3.63) is 95.3 Å². The molecule has 1 aromatic heterocycles. The van der Waals surface area contributed by atoms with Crippen molar-refractivity contribution < 1.29 is 14.3 Å². The van der Waals surface area contributed by atoms with Crippen molar-refractivity contribution in [2.75, 3.05) is 39.8 Å². The Hall–Kier alpha value is -3.75. The number of carbonyl (C=O) groups is 2. The molecular weight excluding hydrogens is 502 g/mol. The van der Waals surface area contributed by atoms with Crippen LogP contribution in [0.1, 0.15) is 39.9 Å². The largest absolute Gasteiger partial charge is 0.497 e. The first-order valence-corrected chi connectivity index (χ1v) is 14.2. The van der Waals surface area contributed by atoms with Gasteiger partial charge in [-0.3, -0.25) is 19.5 Å². The molecule has 0 radical (unpaired) electrons. The summed E-state index contributed by atoms with van der Waals surface area (Å²) in [6, 6.07) is 19.6. The summed E-state index contributed by atoms with van der Waals surface area (Å²) in [6.07, 6.45) is 4.75. The van der Waals surface area contributed by atoms with E-state index in [4.69, 9.17) is 4.74 Å². The van der Waals surface area contributed by atoms with Crippen molar-refractivity contribution in [2.24, 2.45) is 0 Å². The average molecular weight is 542 g/mol. The zero-order valence-corrected chi connectivity index (χ0v) is 23.5. The summed E-state index contributed by atoms with van der Waals surface area (Å²) < 4.78 is 5.49. The Bertz CT molecular complexity index is 1290. The molecule has 0 saturated carbocycles. The molecule has 40 heavy (non-hydrogen) atoms. The third-order valence-corrected chi connectivity index (χ3v) is 8.06. The van der Waals surface area contributed by atoms with Crippen molar-refractivity contribution in [3.63, 3.8) is 0 Å². The van der Waals surface area contributed by atoms with Gasteiger partial charge in [0, 0.05) is 57.7 Å². The molecule has 8 nitrogen and oxygen atoms in total. The number of rotatable bonds is 8. The molecule has 0 spiro atoms. The Morgan fingerprint density at radius 2 is 1.93 bits per heavy atom. The van der Waals surface area contributed by atoms with E-state index in [1.54, 1.807) is 36.5 Å². The molecule has 2 fully saturated rings. The molecule has 2 aliphatic heterocycles. The highest BCUT2D eigenvalue weighted by atomic mass is 16.5. The minimum atomic E-state index is -0.513. The van der Waals surface area contributed by atoms with E-state index in [1.165, 1.54) is 11.1 Å². The Morgan fingerprint density at radius 3 is 2.73 bits per heavy atom. The van der Waals surface area contributed by atoms with E-state index in [0.29, 0.717) is 38.2 Å². The number of methoxy groups -OCH3 is 1. The second kappa shape index (κ2) is 13.1. The van der Waals surface area contributed by atoms with E-state index in [0.717, 1.165) is 37.4 Å². The normalized spacial score (nSPS) is 19.5. The van der Waals surface area contributed by atoms with Gasteiger partial charge in [-0.2, -0.15) is 0 Å². The van der Waals surface area contributed by atoms with Gasteiger partial charge in [0.1, 0.15) is 11.8 Å². The zero-order valence-electron chi connectivity index (χ0n) is 23.5. The highest BCUT2D eigenvalue weighted by molar-refractivity contribution is 5.97. The molecule has 8 heteroatoms. The van der Waals surface area contributed by atoms with Gasteiger partial charge < -0.3 is 19.9 Å². The Labute approximate surface area is 236 Å². The van der Waals surface area contributed by atoms with Gasteiger partial charge in [-0.1, -0.05) is 36.4 Å². The quantitative estimate of drug-likeness (QED) is 0.470. The molecule has 2 saturated heterocycles. The Kier molecular flexibility index (Phi) is 9.08. The molecule has 210 valence electrons. The van der Waals surface area contributed by atoms with Crippen molar-refractivity contribution in [2.45, 2.75) is 44.9 Å². The van der Waals surface area contributed by atoms with Gasteiger partial charge in [0.2, 0.25) is 5.91 Å². The van der Waals surface area contributed by atoms with Crippen LogP contribution < -0.4 is 10.1 Å². The lowest BCUT2D eigenvalue weighted by Gasteiger charge is -2.30. The summed E-state index contributed by atoms with van der Waals surface area (Å²) >= 11 is 0. The van der Waals surface area contributed by atoms with E-state index in [2.05, 4.69) is 58.5 Å². The summed E-state index contributed by atoms with van der Waals surface area (Å²) in [5.74, 6) is 0.718. The molecule has 2 aliphatic rings. The molecule has 3 aromatic rings. The van der Waals surface area contributed by atoms with Crippen molar-refractivity contribution in [1.82, 2.24) is 25.0 Å². The van der Waals surface area contributed by atoms with Crippen LogP contribution in [0.3, 0.4) is 0 Å². The van der Waals surface area contributed by atoms with Gasteiger partial charge in [0.15, 0.2) is 0 Å². The van der Waals surface area contributed by atoms with E-state index >= 15 is 0 Å². The molecule has 2 amide bonds. The van der Waals surface area contributed by atoms with Gasteiger partial charge in [-0.25, -0.2) is 0 Å². The van der Waals surface area contributed by atoms with Gasteiger partial charge in [0.25, 0.3) is 5.91 Å². The monoisotopic (exact) mass is 541 g/mol. The van der Waals surface area contributed by atoms with Gasteiger partial charge >= 0.3 is 0 Å². The van der Waals surface area contributed by atoms with Crippen molar-refractivity contribution >= 4 is 11.8 Å². The minimum Gasteiger partial charge on any atom is -0.497 e. The van der Waals surface area contributed by atoms with Crippen LogP contribution in [0.5, 0.6) is 5.75 Å². The molecule has 2 unspecified atom stereocenters. The molecule has 0 bridgehead atoms. The highest BCUT2D eigenvalue weighted by Crippen LogP contribution is 2.29. The number of aromatic nitrogens is 1. The van der Waals surface area contributed by atoms with Crippen LogP contribution in [0.4, 0.5) is 0 Å². The van der Waals surface area contributed by atoms with Crippen LogP contribution in [-0.2, 0) is 17.9 Å². The SMILES string of the molecule is COc1cccc(CN(Cc2ccccc2C)C2CC(C(=O)N3CCCNCC3)N(C(=O)c3cccnc3)C2)c1. The lowest BCUT2D eigenvalue weighted by Crippen LogP contribution is -2.48. The van der Waals surface area contributed by atoms with Crippen molar-refractivity contribution in [1.29, 1.82) is 0 Å². The van der Waals surface area contributed by atoms with Crippen molar-refractivity contribution in [3.8, 4) is 5.75 Å². The maximum Gasteiger partial charge on any atom is 0.256 e. The number of hydrogen-bond acceptors (Lipinski definition) is 6. The maximum atomic E-state index is 14.0. The fourth-order valence-corrected chi connectivity index (χ4v) is 5.79. The number of likely N-dealkylation sites (tertiary alicyclic amines) is 1. The Balaban J connectivity index is 1.46. The molecular formula is C32H39N5O3. The van der Waals surface area contributed by atoms with E-state index in [1.807, 2.05) is 17.0 Å². The molecule has 1 N–H and O–H groups in total. The fourth-order valence-electron chi connectivity index (χ4n) is 5.79. The number of ether oxygens (including phenoxy) is 1. The molecule has 2 atom stereocenters. The second-order valence-electron chi connectivity index (χ2n) is 10.7. The summed E-state index contributed by atoms with van der Waals surface area (Å²) in [6.45, 7) is 7.05. The third kappa shape index (κ3) is 6.51. The summed E-state index contributed by atoms with van der Waals surface area (Å²) in [4.78, 5) is 38.1. The number of pyridine rings is 1. The second-order valence-corrected chi connectivity index (χ2v) is 10.7. The van der Waals surface area contributed by atoms with E-state index in [9.17, 15) is 9.59 Å². The van der Waals surface area contributed by atoms with E-state index < -0.39 is 6.04 Å². The van der Waals surface area contributed by atoms with Crippen LogP contribution in [0.25, 0.3) is 0 Å². The van der Waals surface area contributed by atoms with E-state index in [-0.39, 0.29) is 17.9 Å². The summed E-state index contributed by atoms with van der Waals surface area (Å²) in [5.41, 5.74) is 4.11. The first kappa shape index (κ1) is 27.8. The average Bonchev–Trinajstić information content (AvgIpc) is 3.25. The lowest BCUT2D eigenvalue weighted by atomic mass is 10.0.